The van der Waals surface area contributed by atoms with E-state index in [1.54, 1.807) is 6.07 Å². The van der Waals surface area contributed by atoms with Crippen LogP contribution in [0.4, 0.5) is 15.8 Å². The van der Waals surface area contributed by atoms with Gasteiger partial charge < -0.3 is 9.88 Å². The molecule has 0 radical (unpaired) electrons. The lowest BCUT2D eigenvalue weighted by atomic mass is 10.1. The summed E-state index contributed by atoms with van der Waals surface area (Å²) in [5, 5.41) is 2.58. The Hall–Kier alpha value is -2.68. The summed E-state index contributed by atoms with van der Waals surface area (Å²) >= 11 is 9.60. The van der Waals surface area contributed by atoms with Crippen LogP contribution in [0.25, 0.3) is 0 Å². The molecule has 1 aromatic heterocycles. The molecule has 1 aliphatic rings. The summed E-state index contributed by atoms with van der Waals surface area (Å²) in [6.45, 7) is 0.628. The van der Waals surface area contributed by atoms with Gasteiger partial charge in [-0.05, 0) is 42.5 Å². The third kappa shape index (κ3) is 5.38. The number of anilines is 2. The maximum absolute atomic E-state index is 14.4. The number of nitrogens with zero attached hydrogens (tertiary/aromatic N) is 1. The molecule has 2 aromatic carbocycles. The van der Waals surface area contributed by atoms with Gasteiger partial charge in [-0.3, -0.25) is 14.4 Å². The third-order valence-corrected chi connectivity index (χ3v) is 5.88. The third-order valence-electron chi connectivity index (χ3n) is 5.03. The lowest BCUT2D eigenvalue weighted by Crippen LogP contribution is -2.30. The number of benzene rings is 2. The van der Waals surface area contributed by atoms with E-state index in [2.05, 4.69) is 26.7 Å². The number of halogens is 3. The first kappa shape index (κ1) is 22.5. The highest BCUT2D eigenvalue weighted by molar-refractivity contribution is 9.10. The van der Waals surface area contributed by atoms with Crippen molar-refractivity contribution < 1.29 is 14.0 Å². The first-order valence-corrected chi connectivity index (χ1v) is 11.2. The van der Waals surface area contributed by atoms with Crippen LogP contribution < -0.4 is 16.4 Å². The van der Waals surface area contributed by atoms with E-state index in [0.29, 0.717) is 17.0 Å². The maximum atomic E-state index is 14.4. The number of nitrogens with one attached hydrogen (secondary N) is 2. The van der Waals surface area contributed by atoms with Crippen LogP contribution in [0.3, 0.4) is 0 Å². The van der Waals surface area contributed by atoms with Crippen LogP contribution in [0.1, 0.15) is 28.8 Å². The Labute approximate surface area is 197 Å². The molecule has 1 heterocycles. The molecule has 1 amide bonds. The van der Waals surface area contributed by atoms with E-state index in [4.69, 9.17) is 16.4 Å². The summed E-state index contributed by atoms with van der Waals surface area (Å²) in [6, 6.07) is 13.7. The van der Waals surface area contributed by atoms with Crippen molar-refractivity contribution in [2.24, 2.45) is 5.92 Å². The Morgan fingerprint density at radius 3 is 2.66 bits per heavy atom. The molecule has 4 rings (SSSR count). The van der Waals surface area contributed by atoms with Gasteiger partial charge in [0.1, 0.15) is 10.8 Å². The van der Waals surface area contributed by atoms with E-state index in [-0.39, 0.29) is 28.5 Å². The number of hydrogen-bond donors (Lipinski definition) is 2. The van der Waals surface area contributed by atoms with Crippen molar-refractivity contribution in [1.29, 1.82) is 0 Å². The normalized spacial score (nSPS) is 13.1. The topological polar surface area (TPSA) is 72.4 Å². The second kappa shape index (κ2) is 9.85. The molecule has 0 saturated heterocycles. The van der Waals surface area contributed by atoms with Gasteiger partial charge in [-0.15, -0.1) is 0 Å². The number of amides is 1. The number of hydroxylamine groups is 1. The smallest absolute Gasteiger partial charge is 0.278 e. The van der Waals surface area contributed by atoms with Gasteiger partial charge in [-0.25, -0.2) is 9.87 Å². The van der Waals surface area contributed by atoms with Crippen LogP contribution in [0.2, 0.25) is 5.02 Å². The Morgan fingerprint density at radius 2 is 1.97 bits per heavy atom. The lowest BCUT2D eigenvalue weighted by molar-refractivity contribution is 0.0270. The summed E-state index contributed by atoms with van der Waals surface area (Å²) in [7, 11) is 0. The fraction of sp³-hybridized carbons (Fsp3) is 0.217. The Morgan fingerprint density at radius 1 is 1.22 bits per heavy atom. The number of rotatable bonds is 8. The number of aromatic nitrogens is 1. The molecule has 2 N–H and O–H groups in total. The number of carbonyl (C=O) groups is 1. The number of carbonyl (C=O) groups excluding carboxylic acids is 1. The predicted octanol–water partition coefficient (Wildman–Crippen LogP) is 5.27. The van der Waals surface area contributed by atoms with Crippen LogP contribution in [0.15, 0.2) is 64.0 Å². The van der Waals surface area contributed by atoms with Crippen molar-refractivity contribution in [3.05, 3.63) is 91.5 Å². The fourth-order valence-electron chi connectivity index (χ4n) is 3.11. The van der Waals surface area contributed by atoms with Gasteiger partial charge in [0.25, 0.3) is 11.5 Å². The van der Waals surface area contributed by atoms with E-state index in [0.717, 1.165) is 18.4 Å². The summed E-state index contributed by atoms with van der Waals surface area (Å²) in [6.07, 6.45) is 3.54. The number of hydrogen-bond acceptors (Lipinski definition) is 4. The van der Waals surface area contributed by atoms with E-state index in [9.17, 15) is 14.0 Å². The zero-order valence-corrected chi connectivity index (χ0v) is 19.2. The molecule has 1 aliphatic carbocycles. The highest BCUT2D eigenvalue weighted by Crippen LogP contribution is 2.30. The molecule has 3 aromatic rings. The van der Waals surface area contributed by atoms with Crippen molar-refractivity contribution in [1.82, 2.24) is 10.0 Å². The van der Waals surface area contributed by atoms with E-state index >= 15 is 0 Å². The van der Waals surface area contributed by atoms with Gasteiger partial charge in [0.15, 0.2) is 0 Å². The van der Waals surface area contributed by atoms with Gasteiger partial charge >= 0.3 is 0 Å². The fourth-order valence-corrected chi connectivity index (χ4v) is 3.70. The van der Waals surface area contributed by atoms with Crippen molar-refractivity contribution in [2.75, 3.05) is 11.9 Å². The molecule has 1 saturated carbocycles. The molecule has 0 atom stereocenters. The van der Waals surface area contributed by atoms with Crippen LogP contribution in [0.5, 0.6) is 0 Å². The van der Waals surface area contributed by atoms with E-state index in [1.165, 1.54) is 22.9 Å². The quantitative estimate of drug-likeness (QED) is 0.397. The predicted molar refractivity (Wildman–Crippen MR) is 125 cm³/mol. The molecule has 166 valence electrons. The maximum Gasteiger partial charge on any atom is 0.278 e. The zero-order chi connectivity index (χ0) is 22.7. The molecule has 9 heteroatoms. The summed E-state index contributed by atoms with van der Waals surface area (Å²) in [4.78, 5) is 31.2. The molecule has 0 bridgehead atoms. The minimum absolute atomic E-state index is 0.00900. The highest BCUT2D eigenvalue weighted by atomic mass is 79.9. The van der Waals surface area contributed by atoms with Gasteiger partial charge in [0.05, 0.1) is 30.1 Å². The average Bonchev–Trinajstić information content (AvgIpc) is 3.60. The van der Waals surface area contributed by atoms with Crippen molar-refractivity contribution in [3.8, 4) is 0 Å². The van der Waals surface area contributed by atoms with Crippen LogP contribution in [0, 0.1) is 11.7 Å². The van der Waals surface area contributed by atoms with Crippen LogP contribution >= 0.6 is 27.5 Å². The molecule has 0 aliphatic heterocycles. The zero-order valence-electron chi connectivity index (χ0n) is 16.9. The Balaban J connectivity index is 1.70. The second-order valence-electron chi connectivity index (χ2n) is 7.59. The van der Waals surface area contributed by atoms with Crippen LogP contribution in [-0.4, -0.2) is 17.1 Å². The summed E-state index contributed by atoms with van der Waals surface area (Å²) in [5.41, 5.74) is 2.90. The standard InChI is InChI=1S/C23H20BrClFN3O3/c24-16-8-9-19(18(26)10-16)27-21-17(22(30)28-32-13-15-6-7-15)12-29(23(31)20(21)25)11-14-4-2-1-3-5-14/h1-5,8-10,12,15,27H,6-7,11,13H2,(H,28,30). The largest absolute Gasteiger partial charge is 0.351 e. The highest BCUT2D eigenvalue weighted by Gasteiger charge is 2.24. The Kier molecular flexibility index (Phi) is 6.93. The molecular weight excluding hydrogens is 501 g/mol. The van der Waals surface area contributed by atoms with E-state index < -0.39 is 17.3 Å². The molecule has 32 heavy (non-hydrogen) atoms. The van der Waals surface area contributed by atoms with Gasteiger partial charge in [-0.2, -0.15) is 0 Å². The summed E-state index contributed by atoms with van der Waals surface area (Å²) < 4.78 is 16.3. The Bertz CT molecular complexity index is 1200. The van der Waals surface area contributed by atoms with Crippen molar-refractivity contribution >= 4 is 44.8 Å². The molecule has 1 fully saturated rings. The number of pyridine rings is 1. The van der Waals surface area contributed by atoms with Gasteiger partial charge in [0, 0.05) is 10.7 Å². The minimum atomic E-state index is -0.589. The summed E-state index contributed by atoms with van der Waals surface area (Å²) in [5.74, 6) is -0.713. The second-order valence-corrected chi connectivity index (χ2v) is 8.88. The molecular formula is C23H20BrClFN3O3. The molecule has 6 nitrogen and oxygen atoms in total. The minimum Gasteiger partial charge on any atom is -0.351 e. The van der Waals surface area contributed by atoms with Gasteiger partial charge in [-0.1, -0.05) is 57.9 Å². The van der Waals surface area contributed by atoms with Gasteiger partial charge in [0.2, 0.25) is 0 Å². The SMILES string of the molecule is O=C(NOCC1CC1)c1cn(Cc2ccccc2)c(=O)c(Cl)c1Nc1ccc(Br)cc1F. The first-order valence-electron chi connectivity index (χ1n) is 10.0. The molecule has 0 unspecified atom stereocenters. The first-order chi connectivity index (χ1) is 15.4. The monoisotopic (exact) mass is 519 g/mol. The van der Waals surface area contributed by atoms with Crippen molar-refractivity contribution in [3.63, 3.8) is 0 Å². The van der Waals surface area contributed by atoms with E-state index in [1.807, 2.05) is 30.3 Å². The molecule has 0 spiro atoms. The average molecular weight is 521 g/mol. The lowest BCUT2D eigenvalue weighted by Gasteiger charge is -2.17. The van der Waals surface area contributed by atoms with Crippen LogP contribution in [-0.2, 0) is 11.4 Å². The van der Waals surface area contributed by atoms with Crippen molar-refractivity contribution in [2.45, 2.75) is 19.4 Å².